The number of rotatable bonds is 3. The standard InChI is InChI=1S/C10H10ClF4N/c1-16-9(10(13,14)15)5-6-2-3-7(11)8(12)4-6/h2-4,9,16H,5H2,1H3. The molecule has 1 rings (SSSR count). The highest BCUT2D eigenvalue weighted by molar-refractivity contribution is 6.30. The normalized spacial score (nSPS) is 13.9. The summed E-state index contributed by atoms with van der Waals surface area (Å²) in [4.78, 5) is 0. The number of hydrogen-bond acceptors (Lipinski definition) is 1. The number of alkyl halides is 3. The quantitative estimate of drug-likeness (QED) is 0.818. The van der Waals surface area contributed by atoms with E-state index in [0.29, 0.717) is 0 Å². The summed E-state index contributed by atoms with van der Waals surface area (Å²) in [5.74, 6) is -0.712. The van der Waals surface area contributed by atoms with Gasteiger partial charge in [-0.1, -0.05) is 17.7 Å². The van der Waals surface area contributed by atoms with Crippen molar-refractivity contribution in [1.82, 2.24) is 5.32 Å². The molecule has 1 N–H and O–H groups in total. The number of nitrogens with one attached hydrogen (secondary N) is 1. The van der Waals surface area contributed by atoms with Gasteiger partial charge in [0, 0.05) is 0 Å². The molecule has 0 fully saturated rings. The molecule has 1 aromatic carbocycles. The van der Waals surface area contributed by atoms with Crippen LogP contribution >= 0.6 is 11.6 Å². The second-order valence-electron chi connectivity index (χ2n) is 3.34. The van der Waals surface area contributed by atoms with E-state index in [1.807, 2.05) is 0 Å². The van der Waals surface area contributed by atoms with Crippen molar-refractivity contribution in [3.05, 3.63) is 34.6 Å². The Morgan fingerprint density at radius 2 is 2.00 bits per heavy atom. The Kier molecular flexibility index (Phi) is 4.15. The minimum atomic E-state index is -4.36. The van der Waals surface area contributed by atoms with E-state index in [2.05, 4.69) is 5.32 Å². The average Bonchev–Trinajstić information content (AvgIpc) is 2.18. The summed E-state index contributed by atoms with van der Waals surface area (Å²) in [6, 6.07) is 1.95. The van der Waals surface area contributed by atoms with Crippen LogP contribution < -0.4 is 5.32 Å². The summed E-state index contributed by atoms with van der Waals surface area (Å²) in [6.45, 7) is 0. The van der Waals surface area contributed by atoms with Crippen LogP contribution in [-0.2, 0) is 6.42 Å². The van der Waals surface area contributed by atoms with E-state index >= 15 is 0 Å². The second-order valence-corrected chi connectivity index (χ2v) is 3.74. The van der Waals surface area contributed by atoms with Crippen LogP contribution in [0.1, 0.15) is 5.56 Å². The molecule has 0 radical (unpaired) electrons. The lowest BCUT2D eigenvalue weighted by Crippen LogP contribution is -2.41. The predicted octanol–water partition coefficient (Wildman–Crippen LogP) is 3.17. The molecule has 0 aliphatic carbocycles. The van der Waals surface area contributed by atoms with Crippen LogP contribution in [0.15, 0.2) is 18.2 Å². The maximum absolute atomic E-state index is 13.0. The molecule has 0 spiro atoms. The Bertz CT molecular complexity index is 364. The molecule has 0 aliphatic rings. The van der Waals surface area contributed by atoms with Crippen molar-refractivity contribution in [3.8, 4) is 0 Å². The van der Waals surface area contributed by atoms with Gasteiger partial charge in [-0.05, 0) is 31.2 Å². The van der Waals surface area contributed by atoms with Crippen LogP contribution in [-0.4, -0.2) is 19.3 Å². The molecule has 1 aromatic rings. The topological polar surface area (TPSA) is 12.0 Å². The summed E-state index contributed by atoms with van der Waals surface area (Å²) in [5, 5.41) is 2.04. The molecule has 16 heavy (non-hydrogen) atoms. The Morgan fingerprint density at radius 1 is 1.38 bits per heavy atom. The first-order valence-electron chi connectivity index (χ1n) is 4.52. The van der Waals surface area contributed by atoms with Crippen LogP contribution in [0.3, 0.4) is 0 Å². The summed E-state index contributed by atoms with van der Waals surface area (Å²) in [7, 11) is 1.21. The molecule has 0 heterocycles. The summed E-state index contributed by atoms with van der Waals surface area (Å²) in [5.41, 5.74) is 0.249. The van der Waals surface area contributed by atoms with E-state index in [9.17, 15) is 17.6 Å². The molecule has 1 unspecified atom stereocenters. The number of halogens is 5. The lowest BCUT2D eigenvalue weighted by Gasteiger charge is -2.19. The first-order chi connectivity index (χ1) is 7.34. The molecule has 0 aromatic heterocycles. The van der Waals surface area contributed by atoms with Gasteiger partial charge in [-0.15, -0.1) is 0 Å². The van der Waals surface area contributed by atoms with Crippen molar-refractivity contribution in [2.45, 2.75) is 18.6 Å². The fraction of sp³-hybridized carbons (Fsp3) is 0.400. The molecule has 1 atom stereocenters. The summed E-state index contributed by atoms with van der Waals surface area (Å²) >= 11 is 5.43. The van der Waals surface area contributed by atoms with Crippen LogP contribution in [0.25, 0.3) is 0 Å². The highest BCUT2D eigenvalue weighted by atomic mass is 35.5. The van der Waals surface area contributed by atoms with Gasteiger partial charge in [-0.25, -0.2) is 4.39 Å². The zero-order valence-corrected chi connectivity index (χ0v) is 9.16. The van der Waals surface area contributed by atoms with E-state index in [-0.39, 0.29) is 17.0 Å². The molecule has 0 aliphatic heterocycles. The van der Waals surface area contributed by atoms with Gasteiger partial charge in [0.15, 0.2) is 0 Å². The highest BCUT2D eigenvalue weighted by Gasteiger charge is 2.38. The molecule has 0 saturated carbocycles. The van der Waals surface area contributed by atoms with Gasteiger partial charge in [0.2, 0.25) is 0 Å². The minimum Gasteiger partial charge on any atom is -0.309 e. The van der Waals surface area contributed by atoms with Crippen LogP contribution in [0, 0.1) is 5.82 Å². The number of hydrogen-bond donors (Lipinski definition) is 1. The molecule has 1 nitrogen and oxygen atoms in total. The summed E-state index contributed by atoms with van der Waals surface area (Å²) < 4.78 is 50.2. The van der Waals surface area contributed by atoms with Crippen molar-refractivity contribution >= 4 is 11.6 Å². The molecular formula is C10H10ClF4N. The van der Waals surface area contributed by atoms with Gasteiger partial charge < -0.3 is 5.32 Å². The number of likely N-dealkylation sites (N-methyl/N-ethyl adjacent to an activating group) is 1. The lowest BCUT2D eigenvalue weighted by molar-refractivity contribution is -0.154. The van der Waals surface area contributed by atoms with Crippen molar-refractivity contribution in [2.75, 3.05) is 7.05 Å². The van der Waals surface area contributed by atoms with Gasteiger partial charge in [-0.2, -0.15) is 13.2 Å². The van der Waals surface area contributed by atoms with E-state index in [1.54, 1.807) is 0 Å². The Balaban J connectivity index is 2.83. The second kappa shape index (κ2) is 5.01. The fourth-order valence-electron chi connectivity index (χ4n) is 1.28. The Hall–Kier alpha value is -0.810. The molecular weight excluding hydrogens is 246 g/mol. The molecule has 90 valence electrons. The first kappa shape index (κ1) is 13.3. The van der Waals surface area contributed by atoms with Crippen LogP contribution in [0.4, 0.5) is 17.6 Å². The van der Waals surface area contributed by atoms with Gasteiger partial charge in [0.25, 0.3) is 0 Å². The molecule has 0 amide bonds. The monoisotopic (exact) mass is 255 g/mol. The SMILES string of the molecule is CNC(Cc1ccc(Cl)c(F)c1)C(F)(F)F. The van der Waals surface area contributed by atoms with E-state index < -0.39 is 18.0 Å². The van der Waals surface area contributed by atoms with Crippen molar-refractivity contribution in [1.29, 1.82) is 0 Å². The Morgan fingerprint density at radius 3 is 2.44 bits per heavy atom. The summed E-state index contributed by atoms with van der Waals surface area (Å²) in [6.07, 6.45) is -4.68. The van der Waals surface area contributed by atoms with E-state index in [4.69, 9.17) is 11.6 Å². The van der Waals surface area contributed by atoms with E-state index in [0.717, 1.165) is 6.07 Å². The third-order valence-corrected chi connectivity index (χ3v) is 2.47. The largest absolute Gasteiger partial charge is 0.404 e. The third-order valence-electron chi connectivity index (χ3n) is 2.17. The zero-order valence-electron chi connectivity index (χ0n) is 8.41. The van der Waals surface area contributed by atoms with Gasteiger partial charge in [0.05, 0.1) is 5.02 Å². The van der Waals surface area contributed by atoms with Crippen molar-refractivity contribution in [2.24, 2.45) is 0 Å². The first-order valence-corrected chi connectivity index (χ1v) is 4.90. The highest BCUT2D eigenvalue weighted by Crippen LogP contribution is 2.24. The smallest absolute Gasteiger partial charge is 0.309 e. The van der Waals surface area contributed by atoms with Gasteiger partial charge in [-0.3, -0.25) is 0 Å². The molecule has 6 heteroatoms. The van der Waals surface area contributed by atoms with Crippen molar-refractivity contribution in [3.63, 3.8) is 0 Å². The number of benzene rings is 1. The van der Waals surface area contributed by atoms with E-state index in [1.165, 1.54) is 19.2 Å². The van der Waals surface area contributed by atoms with Crippen molar-refractivity contribution < 1.29 is 17.6 Å². The predicted molar refractivity (Wildman–Crippen MR) is 54.0 cm³/mol. The maximum atomic E-state index is 13.0. The molecule has 0 saturated heterocycles. The fourth-order valence-corrected chi connectivity index (χ4v) is 1.40. The molecule has 0 bridgehead atoms. The maximum Gasteiger partial charge on any atom is 0.404 e. The minimum absolute atomic E-state index is 0.100. The van der Waals surface area contributed by atoms with Crippen LogP contribution in [0.2, 0.25) is 5.02 Å². The lowest BCUT2D eigenvalue weighted by atomic mass is 10.1. The third kappa shape index (κ3) is 3.35. The van der Waals surface area contributed by atoms with Gasteiger partial charge >= 0.3 is 6.18 Å². The average molecular weight is 256 g/mol. The van der Waals surface area contributed by atoms with Gasteiger partial charge in [0.1, 0.15) is 11.9 Å². The Labute approximate surface area is 95.4 Å². The van der Waals surface area contributed by atoms with Crippen LogP contribution in [0.5, 0.6) is 0 Å². The zero-order chi connectivity index (χ0) is 12.3.